The molecule has 0 aromatic rings. The molecule has 0 amide bonds. The standard InChI is InChI=1S/C14H26O2/c1-5-8-10-13(7-3)11-16-14(15)12(4)9-6-2/h9,13H,5-8,10-11H2,1-4H3. The number of carbonyl (C=O) groups is 1. The first-order valence-electron chi connectivity index (χ1n) is 6.49. The average molecular weight is 226 g/mol. The lowest BCUT2D eigenvalue weighted by Crippen LogP contribution is -2.14. The van der Waals surface area contributed by atoms with E-state index in [1.165, 1.54) is 12.8 Å². The van der Waals surface area contributed by atoms with Crippen LogP contribution in [0.5, 0.6) is 0 Å². The maximum atomic E-state index is 11.5. The van der Waals surface area contributed by atoms with Crippen LogP contribution in [0.4, 0.5) is 0 Å². The minimum Gasteiger partial charge on any atom is -0.462 e. The van der Waals surface area contributed by atoms with Crippen LogP contribution < -0.4 is 0 Å². The Kier molecular flexibility index (Phi) is 8.97. The zero-order chi connectivity index (χ0) is 12.4. The lowest BCUT2D eigenvalue weighted by Gasteiger charge is -2.14. The number of hydrogen-bond donors (Lipinski definition) is 0. The molecule has 94 valence electrons. The van der Waals surface area contributed by atoms with Crippen molar-refractivity contribution < 1.29 is 9.53 Å². The van der Waals surface area contributed by atoms with E-state index in [1.807, 2.05) is 19.9 Å². The molecule has 0 saturated carbocycles. The maximum Gasteiger partial charge on any atom is 0.333 e. The smallest absolute Gasteiger partial charge is 0.333 e. The molecular weight excluding hydrogens is 200 g/mol. The van der Waals surface area contributed by atoms with E-state index in [0.717, 1.165) is 24.8 Å². The monoisotopic (exact) mass is 226 g/mol. The van der Waals surface area contributed by atoms with E-state index in [4.69, 9.17) is 4.74 Å². The third-order valence-corrected chi connectivity index (χ3v) is 2.83. The second-order valence-electron chi connectivity index (χ2n) is 4.31. The van der Waals surface area contributed by atoms with Gasteiger partial charge in [-0.2, -0.15) is 0 Å². The molecule has 0 aliphatic carbocycles. The Balaban J connectivity index is 3.92. The Morgan fingerprint density at radius 1 is 1.31 bits per heavy atom. The molecule has 0 radical (unpaired) electrons. The van der Waals surface area contributed by atoms with Gasteiger partial charge in [0.05, 0.1) is 6.61 Å². The van der Waals surface area contributed by atoms with Crippen LogP contribution in [0.3, 0.4) is 0 Å². The molecule has 2 nitrogen and oxygen atoms in total. The van der Waals surface area contributed by atoms with Gasteiger partial charge in [0.15, 0.2) is 0 Å². The van der Waals surface area contributed by atoms with Crippen molar-refractivity contribution in [1.29, 1.82) is 0 Å². The third kappa shape index (κ3) is 6.65. The molecule has 0 fully saturated rings. The number of allylic oxidation sites excluding steroid dienone is 1. The lowest BCUT2D eigenvalue weighted by atomic mass is 10.0. The number of ether oxygens (including phenoxy) is 1. The van der Waals surface area contributed by atoms with Crippen molar-refractivity contribution in [2.24, 2.45) is 5.92 Å². The summed E-state index contributed by atoms with van der Waals surface area (Å²) in [5.41, 5.74) is 0.729. The molecular formula is C14H26O2. The molecule has 0 aliphatic heterocycles. The van der Waals surface area contributed by atoms with Gasteiger partial charge in [0.1, 0.15) is 0 Å². The summed E-state index contributed by atoms with van der Waals surface area (Å²) in [6.07, 6.45) is 7.48. The summed E-state index contributed by atoms with van der Waals surface area (Å²) in [4.78, 5) is 11.5. The largest absolute Gasteiger partial charge is 0.462 e. The maximum absolute atomic E-state index is 11.5. The van der Waals surface area contributed by atoms with Crippen LogP contribution in [-0.4, -0.2) is 12.6 Å². The SMILES string of the molecule is CCC=C(C)C(=O)OCC(CC)CCCC. The first-order valence-corrected chi connectivity index (χ1v) is 6.49. The summed E-state index contributed by atoms with van der Waals surface area (Å²) in [5.74, 6) is 0.370. The van der Waals surface area contributed by atoms with Gasteiger partial charge in [-0.15, -0.1) is 0 Å². The zero-order valence-electron chi connectivity index (χ0n) is 11.2. The third-order valence-electron chi connectivity index (χ3n) is 2.83. The van der Waals surface area contributed by atoms with E-state index in [2.05, 4.69) is 13.8 Å². The Bertz CT molecular complexity index is 219. The van der Waals surface area contributed by atoms with E-state index in [9.17, 15) is 4.79 Å². The van der Waals surface area contributed by atoms with E-state index in [0.29, 0.717) is 12.5 Å². The molecule has 1 unspecified atom stereocenters. The second kappa shape index (κ2) is 9.44. The molecule has 0 aliphatic rings. The second-order valence-corrected chi connectivity index (χ2v) is 4.31. The molecule has 2 heteroatoms. The van der Waals surface area contributed by atoms with E-state index >= 15 is 0 Å². The van der Waals surface area contributed by atoms with Crippen LogP contribution in [0.2, 0.25) is 0 Å². The molecule has 0 N–H and O–H groups in total. The number of carbonyl (C=O) groups excluding carboxylic acids is 1. The molecule has 0 aromatic carbocycles. The van der Waals surface area contributed by atoms with Crippen molar-refractivity contribution >= 4 is 5.97 Å². The molecule has 16 heavy (non-hydrogen) atoms. The fraction of sp³-hybridized carbons (Fsp3) is 0.786. The molecule has 0 spiro atoms. The molecule has 0 aromatic heterocycles. The van der Waals surface area contributed by atoms with Crippen molar-refractivity contribution in [3.05, 3.63) is 11.6 Å². The van der Waals surface area contributed by atoms with Crippen LogP contribution in [0, 0.1) is 5.92 Å². The summed E-state index contributed by atoms with van der Waals surface area (Å²) in [6.45, 7) is 8.76. The molecule has 0 saturated heterocycles. The summed E-state index contributed by atoms with van der Waals surface area (Å²) in [6, 6.07) is 0. The van der Waals surface area contributed by atoms with Gasteiger partial charge < -0.3 is 4.74 Å². The summed E-state index contributed by atoms with van der Waals surface area (Å²) < 4.78 is 5.30. The first-order chi connectivity index (χ1) is 7.65. The van der Waals surface area contributed by atoms with Gasteiger partial charge in [-0.05, 0) is 25.7 Å². The van der Waals surface area contributed by atoms with Gasteiger partial charge in [0.25, 0.3) is 0 Å². The molecule has 0 rings (SSSR count). The topological polar surface area (TPSA) is 26.3 Å². The lowest BCUT2D eigenvalue weighted by molar-refractivity contribution is -0.140. The fourth-order valence-corrected chi connectivity index (χ4v) is 1.60. The van der Waals surface area contributed by atoms with Gasteiger partial charge in [-0.25, -0.2) is 4.79 Å². The fourth-order valence-electron chi connectivity index (χ4n) is 1.60. The molecule has 0 bridgehead atoms. The quantitative estimate of drug-likeness (QED) is 0.460. The predicted octanol–water partition coefficient (Wildman–Crippen LogP) is 4.10. The number of esters is 1. The van der Waals surface area contributed by atoms with Gasteiger partial charge >= 0.3 is 5.97 Å². The Morgan fingerprint density at radius 2 is 2.00 bits per heavy atom. The number of rotatable bonds is 8. The van der Waals surface area contributed by atoms with Crippen molar-refractivity contribution in [3.8, 4) is 0 Å². The zero-order valence-corrected chi connectivity index (χ0v) is 11.2. The number of hydrogen-bond acceptors (Lipinski definition) is 2. The van der Waals surface area contributed by atoms with Crippen LogP contribution in [-0.2, 0) is 9.53 Å². The molecule has 0 heterocycles. The minimum atomic E-state index is -0.156. The highest BCUT2D eigenvalue weighted by Gasteiger charge is 2.10. The summed E-state index contributed by atoms with van der Waals surface area (Å²) >= 11 is 0. The van der Waals surface area contributed by atoms with E-state index < -0.39 is 0 Å². The van der Waals surface area contributed by atoms with Crippen LogP contribution in [0.25, 0.3) is 0 Å². The highest BCUT2D eigenvalue weighted by atomic mass is 16.5. The number of unbranched alkanes of at least 4 members (excludes halogenated alkanes) is 1. The van der Waals surface area contributed by atoms with Crippen molar-refractivity contribution in [2.45, 2.75) is 59.8 Å². The van der Waals surface area contributed by atoms with Crippen LogP contribution >= 0.6 is 0 Å². The van der Waals surface area contributed by atoms with Gasteiger partial charge in [-0.1, -0.05) is 46.1 Å². The molecule has 1 atom stereocenters. The normalized spacial score (nSPS) is 13.6. The van der Waals surface area contributed by atoms with Gasteiger partial charge in [-0.3, -0.25) is 0 Å². The van der Waals surface area contributed by atoms with Crippen molar-refractivity contribution in [3.63, 3.8) is 0 Å². The summed E-state index contributed by atoms with van der Waals surface area (Å²) in [7, 11) is 0. The van der Waals surface area contributed by atoms with Crippen LogP contribution in [0.1, 0.15) is 59.8 Å². The summed E-state index contributed by atoms with van der Waals surface area (Å²) in [5, 5.41) is 0. The highest BCUT2D eigenvalue weighted by Crippen LogP contribution is 2.13. The van der Waals surface area contributed by atoms with Crippen molar-refractivity contribution in [2.75, 3.05) is 6.61 Å². The van der Waals surface area contributed by atoms with E-state index in [-0.39, 0.29) is 5.97 Å². The van der Waals surface area contributed by atoms with Gasteiger partial charge in [0, 0.05) is 5.57 Å². The first kappa shape index (κ1) is 15.2. The Labute approximate surface area is 100 Å². The van der Waals surface area contributed by atoms with Gasteiger partial charge in [0.2, 0.25) is 0 Å². The van der Waals surface area contributed by atoms with E-state index in [1.54, 1.807) is 0 Å². The van der Waals surface area contributed by atoms with Crippen LogP contribution in [0.15, 0.2) is 11.6 Å². The highest BCUT2D eigenvalue weighted by molar-refractivity contribution is 5.87. The minimum absolute atomic E-state index is 0.156. The predicted molar refractivity (Wildman–Crippen MR) is 68.3 cm³/mol. The van der Waals surface area contributed by atoms with Crippen molar-refractivity contribution in [1.82, 2.24) is 0 Å². The Morgan fingerprint density at radius 3 is 2.50 bits per heavy atom. The average Bonchev–Trinajstić information content (AvgIpc) is 2.29. The Hall–Kier alpha value is -0.790.